The summed E-state index contributed by atoms with van der Waals surface area (Å²) in [7, 11) is 1.32. The fourth-order valence-corrected chi connectivity index (χ4v) is 6.95. The van der Waals surface area contributed by atoms with E-state index in [-0.39, 0.29) is 22.0 Å². The summed E-state index contributed by atoms with van der Waals surface area (Å²) in [5.74, 6) is -1.66. The number of aromatic nitrogens is 2. The van der Waals surface area contributed by atoms with Crippen LogP contribution in [-0.2, 0) is 15.3 Å². The maximum Gasteiger partial charge on any atom is 0.301 e. The third kappa shape index (κ3) is 6.28. The van der Waals surface area contributed by atoms with Gasteiger partial charge >= 0.3 is 5.91 Å². The highest BCUT2D eigenvalue weighted by molar-refractivity contribution is 8.00. The SMILES string of the molecule is COc1ccc(C(O)=C2C(=O)C(=O)N(c3nnc(SCc4ccccc4Cl)s3)[C@H]2c2cccc(Oc3ccccc3)c2)cc1F. The monoisotopic (exact) mass is 659 g/mol. The zero-order valence-corrected chi connectivity index (χ0v) is 25.9. The highest BCUT2D eigenvalue weighted by Crippen LogP contribution is 2.45. The lowest BCUT2D eigenvalue weighted by Crippen LogP contribution is -2.29. The minimum atomic E-state index is -1.12. The molecule has 1 fully saturated rings. The van der Waals surface area contributed by atoms with Gasteiger partial charge in [0.05, 0.1) is 18.7 Å². The number of carbonyl (C=O) groups excluding carboxylic acids is 2. The molecule has 226 valence electrons. The number of ether oxygens (including phenoxy) is 2. The third-order valence-corrected chi connectivity index (χ3v) is 9.41. The molecule has 4 aromatic carbocycles. The molecule has 0 spiro atoms. The van der Waals surface area contributed by atoms with Gasteiger partial charge in [-0.25, -0.2) is 4.39 Å². The highest BCUT2D eigenvalue weighted by Gasteiger charge is 2.48. The van der Waals surface area contributed by atoms with Gasteiger partial charge in [-0.1, -0.05) is 83.2 Å². The van der Waals surface area contributed by atoms with E-state index in [4.69, 9.17) is 21.1 Å². The van der Waals surface area contributed by atoms with Crippen molar-refractivity contribution in [1.29, 1.82) is 0 Å². The maximum atomic E-state index is 14.7. The number of hydrogen-bond acceptors (Lipinski definition) is 9. The number of aliphatic hydroxyl groups is 1. The Morgan fingerprint density at radius 1 is 0.978 bits per heavy atom. The van der Waals surface area contributed by atoms with Gasteiger partial charge in [-0.3, -0.25) is 14.5 Å². The first kappa shape index (κ1) is 30.3. The Bertz CT molecular complexity index is 1930. The van der Waals surface area contributed by atoms with Crippen LogP contribution in [0.15, 0.2) is 107 Å². The summed E-state index contributed by atoms with van der Waals surface area (Å²) in [5, 5.41) is 20.7. The molecular weight excluding hydrogens is 637 g/mol. The number of para-hydroxylation sites is 1. The minimum Gasteiger partial charge on any atom is -0.507 e. The lowest BCUT2D eigenvalue weighted by molar-refractivity contribution is -0.132. The normalized spacial score (nSPS) is 15.8. The number of rotatable bonds is 9. The number of ketones is 1. The van der Waals surface area contributed by atoms with E-state index >= 15 is 0 Å². The molecule has 1 atom stereocenters. The smallest absolute Gasteiger partial charge is 0.301 e. The molecule has 0 aliphatic carbocycles. The molecule has 5 aromatic rings. The van der Waals surface area contributed by atoms with Gasteiger partial charge in [-0.15, -0.1) is 10.2 Å². The Morgan fingerprint density at radius 3 is 2.49 bits per heavy atom. The predicted molar refractivity (Wildman–Crippen MR) is 172 cm³/mol. The van der Waals surface area contributed by atoms with Crippen LogP contribution < -0.4 is 14.4 Å². The number of anilines is 1. The van der Waals surface area contributed by atoms with E-state index in [1.54, 1.807) is 42.5 Å². The van der Waals surface area contributed by atoms with Crippen molar-refractivity contribution in [2.24, 2.45) is 0 Å². The second kappa shape index (κ2) is 13.1. The number of Topliss-reactive ketones (excluding diaryl/α,β-unsaturated/α-hetero) is 1. The van der Waals surface area contributed by atoms with Gasteiger partial charge < -0.3 is 14.6 Å². The van der Waals surface area contributed by atoms with E-state index in [1.165, 1.54) is 35.9 Å². The van der Waals surface area contributed by atoms with Crippen molar-refractivity contribution in [3.63, 3.8) is 0 Å². The molecule has 0 radical (unpaired) electrons. The van der Waals surface area contributed by atoms with Crippen molar-refractivity contribution in [3.8, 4) is 17.2 Å². The molecule has 1 saturated heterocycles. The van der Waals surface area contributed by atoms with E-state index in [2.05, 4.69) is 10.2 Å². The van der Waals surface area contributed by atoms with Gasteiger partial charge in [-0.2, -0.15) is 0 Å². The Balaban J connectivity index is 1.41. The van der Waals surface area contributed by atoms with Crippen LogP contribution in [0.25, 0.3) is 5.76 Å². The molecule has 1 aromatic heterocycles. The van der Waals surface area contributed by atoms with Crippen LogP contribution in [-0.4, -0.2) is 34.1 Å². The van der Waals surface area contributed by atoms with E-state index in [0.29, 0.717) is 32.2 Å². The number of methoxy groups -OCH3 is 1. The first-order valence-corrected chi connectivity index (χ1v) is 15.7. The van der Waals surface area contributed by atoms with Crippen LogP contribution in [0.4, 0.5) is 9.52 Å². The average molecular weight is 660 g/mol. The molecule has 0 bridgehead atoms. The van der Waals surface area contributed by atoms with Gasteiger partial charge in [-0.05, 0) is 59.7 Å². The van der Waals surface area contributed by atoms with Crippen molar-refractivity contribution in [1.82, 2.24) is 10.2 Å². The van der Waals surface area contributed by atoms with Gasteiger partial charge in [0, 0.05) is 16.3 Å². The van der Waals surface area contributed by atoms with Crippen LogP contribution in [0.5, 0.6) is 17.2 Å². The van der Waals surface area contributed by atoms with Crippen molar-refractivity contribution < 1.29 is 28.6 Å². The fraction of sp³-hybridized carbons (Fsp3) is 0.0909. The van der Waals surface area contributed by atoms with Crippen LogP contribution in [0.1, 0.15) is 22.7 Å². The molecule has 2 heterocycles. The number of benzene rings is 4. The van der Waals surface area contributed by atoms with Gasteiger partial charge in [0.2, 0.25) is 5.13 Å². The number of thioether (sulfide) groups is 1. The number of carbonyl (C=O) groups is 2. The molecule has 45 heavy (non-hydrogen) atoms. The lowest BCUT2D eigenvalue weighted by atomic mass is 9.95. The Labute approximate surface area is 270 Å². The van der Waals surface area contributed by atoms with Crippen LogP contribution in [0.3, 0.4) is 0 Å². The van der Waals surface area contributed by atoms with Crippen LogP contribution in [0.2, 0.25) is 5.02 Å². The van der Waals surface area contributed by atoms with E-state index in [9.17, 15) is 19.1 Å². The zero-order valence-electron chi connectivity index (χ0n) is 23.5. The number of amides is 1. The third-order valence-electron chi connectivity index (χ3n) is 6.93. The van der Waals surface area contributed by atoms with Gasteiger partial charge in [0.25, 0.3) is 5.78 Å². The molecule has 0 unspecified atom stereocenters. The first-order valence-electron chi connectivity index (χ1n) is 13.5. The molecule has 8 nitrogen and oxygen atoms in total. The summed E-state index contributed by atoms with van der Waals surface area (Å²) in [5.41, 5.74) is 1.13. The Kier molecular flexibility index (Phi) is 8.83. The number of aliphatic hydroxyl groups excluding tert-OH is 1. The minimum absolute atomic E-state index is 0.00115. The summed E-state index contributed by atoms with van der Waals surface area (Å²) >= 11 is 8.81. The van der Waals surface area contributed by atoms with Crippen molar-refractivity contribution in [2.45, 2.75) is 16.1 Å². The van der Waals surface area contributed by atoms with Crippen molar-refractivity contribution in [2.75, 3.05) is 12.0 Å². The lowest BCUT2D eigenvalue weighted by Gasteiger charge is -2.23. The summed E-state index contributed by atoms with van der Waals surface area (Å²) in [4.78, 5) is 28.4. The summed E-state index contributed by atoms with van der Waals surface area (Å²) < 4.78 is 26.2. The Morgan fingerprint density at radius 2 is 1.73 bits per heavy atom. The summed E-state index contributed by atoms with van der Waals surface area (Å²) in [6, 6.07) is 26.0. The zero-order chi connectivity index (χ0) is 31.5. The highest BCUT2D eigenvalue weighted by atomic mass is 35.5. The second-order valence-corrected chi connectivity index (χ2v) is 12.3. The topological polar surface area (TPSA) is 102 Å². The molecule has 0 saturated carbocycles. The number of halogens is 2. The largest absolute Gasteiger partial charge is 0.507 e. The van der Waals surface area contributed by atoms with E-state index in [0.717, 1.165) is 23.0 Å². The van der Waals surface area contributed by atoms with Gasteiger partial charge in [0.1, 0.15) is 17.3 Å². The van der Waals surface area contributed by atoms with Crippen LogP contribution >= 0.6 is 34.7 Å². The standard InChI is InChI=1S/C33H23ClFN3O5S2/c1-42-26-15-14-20(17-25(26)35)29(39)27-28(19-9-7-12-23(16-19)43-22-10-3-2-4-11-22)38(31(41)30(27)40)32-36-37-33(45-32)44-18-21-8-5-6-13-24(21)34/h2-17,28,39H,18H2,1H3/t28-/m0/s1. The number of nitrogens with zero attached hydrogens (tertiary/aromatic N) is 3. The van der Waals surface area contributed by atoms with E-state index in [1.807, 2.05) is 36.4 Å². The predicted octanol–water partition coefficient (Wildman–Crippen LogP) is 8.05. The van der Waals surface area contributed by atoms with Gasteiger partial charge in [0.15, 0.2) is 15.9 Å². The first-order chi connectivity index (χ1) is 21.8. The Hall–Kier alpha value is -4.71. The fourth-order valence-electron chi connectivity index (χ4n) is 4.80. The summed E-state index contributed by atoms with van der Waals surface area (Å²) in [6.45, 7) is 0. The molecule has 1 amide bonds. The van der Waals surface area contributed by atoms with E-state index < -0.39 is 29.3 Å². The van der Waals surface area contributed by atoms with Crippen molar-refractivity contribution in [3.05, 3.63) is 130 Å². The summed E-state index contributed by atoms with van der Waals surface area (Å²) in [6.07, 6.45) is 0. The maximum absolute atomic E-state index is 14.7. The quantitative estimate of drug-likeness (QED) is 0.0558. The number of hydrogen-bond donors (Lipinski definition) is 1. The molecular formula is C33H23ClFN3O5S2. The molecule has 12 heteroatoms. The molecule has 1 aliphatic rings. The molecule has 6 rings (SSSR count). The van der Waals surface area contributed by atoms with Crippen molar-refractivity contribution >= 4 is 57.3 Å². The average Bonchev–Trinajstić information content (AvgIpc) is 3.62. The van der Waals surface area contributed by atoms with Crippen LogP contribution in [0, 0.1) is 5.82 Å². The molecule has 1 aliphatic heterocycles. The second-order valence-electron chi connectivity index (χ2n) is 9.74. The molecule has 1 N–H and O–H groups in total.